The second-order valence-electron chi connectivity index (χ2n) is 9.15. The zero-order chi connectivity index (χ0) is 27.6. The molecule has 1 saturated heterocycles. The Balaban J connectivity index is 1.73. The van der Waals surface area contributed by atoms with Crippen LogP contribution in [0.4, 0.5) is 14.5 Å². The molecule has 0 spiro atoms. The molecule has 2 fully saturated rings. The van der Waals surface area contributed by atoms with Crippen molar-refractivity contribution in [1.29, 1.82) is 0 Å². The third-order valence-corrected chi connectivity index (χ3v) is 8.33. The summed E-state index contributed by atoms with van der Waals surface area (Å²) in [7, 11) is -2.31. The molecular weight excluding hydrogens is 523 g/mol. The fraction of sp³-hybridized carbons (Fsp3) is 0.520. The fourth-order valence-electron chi connectivity index (χ4n) is 4.77. The van der Waals surface area contributed by atoms with Crippen LogP contribution in [-0.4, -0.2) is 55.6 Å². The molecule has 0 bridgehead atoms. The number of carboxylic acids is 1. The normalized spacial score (nSPS) is 17.7. The summed E-state index contributed by atoms with van der Waals surface area (Å²) >= 11 is 0. The molecule has 2 aromatic rings. The highest BCUT2D eigenvalue weighted by molar-refractivity contribution is 7.51. The zero-order valence-corrected chi connectivity index (χ0v) is 22.5. The molecule has 13 heteroatoms. The lowest BCUT2D eigenvalue weighted by Gasteiger charge is -2.33. The summed E-state index contributed by atoms with van der Waals surface area (Å²) in [4.78, 5) is 26.2. The molecule has 2 aliphatic rings. The smallest absolute Gasteiger partial charge is 0.405 e. The Morgan fingerprint density at radius 3 is 2.53 bits per heavy atom. The van der Waals surface area contributed by atoms with Gasteiger partial charge in [0.2, 0.25) is 5.43 Å². The molecule has 0 radical (unpaired) electrons. The lowest BCUT2D eigenvalue weighted by atomic mass is 10.0. The van der Waals surface area contributed by atoms with Crippen molar-refractivity contribution in [1.82, 2.24) is 9.65 Å². The summed E-state index contributed by atoms with van der Waals surface area (Å²) in [5.41, 5.74) is -0.450. The largest absolute Gasteiger partial charge is 0.492 e. The van der Waals surface area contributed by atoms with Crippen molar-refractivity contribution in [2.75, 3.05) is 44.9 Å². The number of benzene rings is 1. The minimum Gasteiger partial charge on any atom is -0.492 e. The van der Waals surface area contributed by atoms with Crippen LogP contribution in [0.5, 0.6) is 5.75 Å². The summed E-state index contributed by atoms with van der Waals surface area (Å²) in [6.07, 6.45) is 3.80. The van der Waals surface area contributed by atoms with E-state index in [1.165, 1.54) is 13.3 Å². The van der Waals surface area contributed by atoms with Crippen LogP contribution in [0, 0.1) is 5.82 Å². The number of nitrogens with one attached hydrogen (secondary N) is 1. The number of pyridine rings is 1. The first kappa shape index (κ1) is 28.2. The van der Waals surface area contributed by atoms with Crippen molar-refractivity contribution in [3.63, 3.8) is 0 Å². The van der Waals surface area contributed by atoms with E-state index in [1.54, 1.807) is 23.3 Å². The second-order valence-corrected chi connectivity index (χ2v) is 11.0. The van der Waals surface area contributed by atoms with Gasteiger partial charge in [-0.25, -0.2) is 23.2 Å². The molecule has 2 N–H and O–H groups in total. The van der Waals surface area contributed by atoms with E-state index in [2.05, 4.69) is 5.09 Å². The molecule has 1 aromatic carbocycles. The maximum atomic E-state index is 15.6. The summed E-state index contributed by atoms with van der Waals surface area (Å²) in [6, 6.07) is 1.01. The highest BCUT2D eigenvalue weighted by Gasteiger charge is 2.32. The van der Waals surface area contributed by atoms with E-state index in [9.17, 15) is 19.3 Å². The Morgan fingerprint density at radius 2 is 1.95 bits per heavy atom. The first-order valence-corrected chi connectivity index (χ1v) is 14.1. The van der Waals surface area contributed by atoms with E-state index in [-0.39, 0.29) is 49.2 Å². The lowest BCUT2D eigenvalue weighted by Crippen LogP contribution is -2.33. The molecule has 208 valence electrons. The molecule has 0 atom stereocenters. The van der Waals surface area contributed by atoms with Crippen LogP contribution in [0.2, 0.25) is 0 Å². The predicted octanol–water partition coefficient (Wildman–Crippen LogP) is 4.78. The average molecular weight is 556 g/mol. The number of nitrogens with zero attached hydrogens (tertiary/aromatic N) is 2. The van der Waals surface area contributed by atoms with Crippen molar-refractivity contribution in [3.05, 3.63) is 45.3 Å². The van der Waals surface area contributed by atoms with Crippen molar-refractivity contribution in [2.45, 2.75) is 45.6 Å². The van der Waals surface area contributed by atoms with Crippen molar-refractivity contribution in [3.8, 4) is 5.75 Å². The molecular formula is C25H32F2N3O7P. The molecule has 38 heavy (non-hydrogen) atoms. The van der Waals surface area contributed by atoms with Gasteiger partial charge in [0.25, 0.3) is 0 Å². The van der Waals surface area contributed by atoms with Crippen molar-refractivity contribution < 1.29 is 37.0 Å². The van der Waals surface area contributed by atoms with E-state index in [0.717, 1.165) is 18.9 Å². The van der Waals surface area contributed by atoms with Crippen LogP contribution in [0.1, 0.15) is 55.9 Å². The number of aromatic nitrogens is 1. The number of halogens is 2. The van der Waals surface area contributed by atoms with Gasteiger partial charge in [-0.1, -0.05) is 0 Å². The number of rotatable bonds is 11. The highest BCUT2D eigenvalue weighted by Crippen LogP contribution is 2.45. The second kappa shape index (κ2) is 11.5. The number of methoxy groups -OCH3 is 1. The van der Waals surface area contributed by atoms with Crippen LogP contribution in [0.25, 0.3) is 10.9 Å². The summed E-state index contributed by atoms with van der Waals surface area (Å²) in [6.45, 7) is 3.61. The molecule has 1 aliphatic heterocycles. The van der Waals surface area contributed by atoms with Gasteiger partial charge in [-0.15, -0.1) is 0 Å². The molecule has 4 rings (SSSR count). The van der Waals surface area contributed by atoms with Gasteiger partial charge in [-0.05, 0) is 51.2 Å². The van der Waals surface area contributed by atoms with E-state index >= 15 is 8.78 Å². The number of aromatic carboxylic acids is 1. The molecule has 2 heterocycles. The zero-order valence-electron chi connectivity index (χ0n) is 21.6. The quantitative estimate of drug-likeness (QED) is 0.378. The first-order valence-electron chi connectivity index (χ1n) is 12.6. The molecule has 0 unspecified atom stereocenters. The first-order chi connectivity index (χ1) is 18.1. The summed E-state index contributed by atoms with van der Waals surface area (Å²) < 4.78 is 61.0. The molecule has 0 amide bonds. The number of carbonyl (C=O) groups is 1. The van der Waals surface area contributed by atoms with Crippen LogP contribution >= 0.6 is 7.75 Å². The molecule has 10 nitrogen and oxygen atoms in total. The van der Waals surface area contributed by atoms with Crippen LogP contribution in [0.15, 0.2) is 28.5 Å². The van der Waals surface area contributed by atoms with Gasteiger partial charge in [0.05, 0.1) is 37.8 Å². The van der Waals surface area contributed by atoms with Gasteiger partial charge in [0.1, 0.15) is 17.1 Å². The summed E-state index contributed by atoms with van der Waals surface area (Å²) in [5.74, 6) is -2.61. The number of fused-ring (bicyclic) bond motifs is 1. The minimum atomic E-state index is -3.66. The van der Waals surface area contributed by atoms with Gasteiger partial charge in [-0.2, -0.15) is 0 Å². The van der Waals surface area contributed by atoms with Gasteiger partial charge in [-0.3, -0.25) is 13.8 Å². The fourth-order valence-corrected chi connectivity index (χ4v) is 6.04. The monoisotopic (exact) mass is 555 g/mol. The Kier molecular flexibility index (Phi) is 8.56. The minimum absolute atomic E-state index is 0.0323. The predicted molar refractivity (Wildman–Crippen MR) is 138 cm³/mol. The Bertz CT molecular complexity index is 1360. The number of hydrogen-bond acceptors (Lipinski definition) is 7. The maximum absolute atomic E-state index is 15.6. The maximum Gasteiger partial charge on any atom is 0.405 e. The highest BCUT2D eigenvalue weighted by atomic mass is 31.2. The van der Waals surface area contributed by atoms with E-state index in [0.29, 0.717) is 30.5 Å². The van der Waals surface area contributed by atoms with E-state index in [4.69, 9.17) is 13.8 Å². The van der Waals surface area contributed by atoms with Gasteiger partial charge in [0.15, 0.2) is 11.6 Å². The summed E-state index contributed by atoms with van der Waals surface area (Å²) in [5, 5.41) is 12.0. The number of ether oxygens (including phenoxy) is 1. The number of carboxylic acid groups (broad SMARTS) is 1. The standard InChI is InChI=1S/C25H32F2N3O7P/c1-4-36-38(34,37-5-2)28-12-20(27)15-7-6-10-29(13-15)22-19(26)11-17-21(24(22)35-3)30(16-8-9-16)14-18(23(17)31)25(32)33/h11,14,16H,4-10,12-13H2,1-3H3,(H,28,34)(H,32,33). The van der Waals surface area contributed by atoms with Crippen LogP contribution < -0.4 is 20.2 Å². The van der Waals surface area contributed by atoms with E-state index < -0.39 is 36.4 Å². The third kappa shape index (κ3) is 5.63. The van der Waals surface area contributed by atoms with Gasteiger partial charge < -0.3 is 19.3 Å². The number of piperidine rings is 1. The Labute approximate surface area is 218 Å². The van der Waals surface area contributed by atoms with Gasteiger partial charge in [0, 0.05) is 25.3 Å². The Morgan fingerprint density at radius 1 is 1.26 bits per heavy atom. The number of hydrogen-bond donors (Lipinski definition) is 2. The van der Waals surface area contributed by atoms with Gasteiger partial charge >= 0.3 is 13.7 Å². The SMILES string of the molecule is CCOP(=O)(NCC(F)=C1CCCN(c2c(F)cc3c(=O)c(C(=O)O)cn(C4CC4)c3c2OC)C1)OCC. The third-order valence-electron chi connectivity index (χ3n) is 6.59. The van der Waals surface area contributed by atoms with Crippen molar-refractivity contribution in [2.24, 2.45) is 0 Å². The molecule has 1 saturated carbocycles. The van der Waals surface area contributed by atoms with Crippen molar-refractivity contribution >= 4 is 30.3 Å². The van der Waals surface area contributed by atoms with E-state index in [1.807, 2.05) is 0 Å². The number of anilines is 1. The molecule has 1 aliphatic carbocycles. The molecule has 1 aromatic heterocycles. The average Bonchev–Trinajstić information content (AvgIpc) is 3.73. The topological polar surface area (TPSA) is 119 Å². The lowest BCUT2D eigenvalue weighted by molar-refractivity contribution is 0.0694. The van der Waals surface area contributed by atoms with Crippen LogP contribution in [0.3, 0.4) is 0 Å². The Hall–Kier alpha value is -2.79. The van der Waals surface area contributed by atoms with Crippen LogP contribution in [-0.2, 0) is 13.6 Å².